The van der Waals surface area contributed by atoms with E-state index < -0.39 is 11.0 Å². The molecule has 0 spiro atoms. The normalized spacial score (nSPS) is 12.3. The highest BCUT2D eigenvalue weighted by Gasteiger charge is 2.10. The summed E-state index contributed by atoms with van der Waals surface area (Å²) in [5.74, 6) is 0. The molecule has 2 N–H and O–H groups in total. The monoisotopic (exact) mass is 326 g/mol. The highest BCUT2D eigenvalue weighted by atomic mass is 35.5. The molecule has 0 fully saturated rings. The molecule has 1 aromatic carbocycles. The molecule has 5 nitrogen and oxygen atoms in total. The van der Waals surface area contributed by atoms with Gasteiger partial charge in [-0.2, -0.15) is 0 Å². The van der Waals surface area contributed by atoms with Gasteiger partial charge in [0, 0.05) is 30.1 Å². The number of nitro groups is 1. The number of rotatable bonds is 7. The second-order valence-electron chi connectivity index (χ2n) is 4.52. The predicted octanol–water partition coefficient (Wildman–Crippen LogP) is 3.18. The zero-order valence-corrected chi connectivity index (χ0v) is 12.7. The number of hydrogen-bond donors (Lipinski definition) is 2. The smallest absolute Gasteiger partial charge is 0.269 e. The van der Waals surface area contributed by atoms with E-state index in [4.69, 9.17) is 11.6 Å². The van der Waals surface area contributed by atoms with Crippen LogP contribution < -0.4 is 5.32 Å². The third-order valence-electron chi connectivity index (χ3n) is 3.00. The molecule has 7 heteroatoms. The zero-order chi connectivity index (χ0) is 15.2. The summed E-state index contributed by atoms with van der Waals surface area (Å²) in [5, 5.41) is 23.7. The summed E-state index contributed by atoms with van der Waals surface area (Å²) in [4.78, 5) is 11.3. The largest absolute Gasteiger partial charge is 0.387 e. The summed E-state index contributed by atoms with van der Waals surface area (Å²) in [6.07, 6.45) is 0.169. The van der Waals surface area contributed by atoms with Crippen LogP contribution in [0.5, 0.6) is 0 Å². The lowest BCUT2D eigenvalue weighted by molar-refractivity contribution is -0.384. The van der Waals surface area contributed by atoms with Crippen molar-refractivity contribution < 1.29 is 10.0 Å². The van der Waals surface area contributed by atoms with Gasteiger partial charge in [0.15, 0.2) is 0 Å². The van der Waals surface area contributed by atoms with Gasteiger partial charge in [-0.05, 0) is 36.2 Å². The maximum atomic E-state index is 10.6. The van der Waals surface area contributed by atoms with Gasteiger partial charge in [-0.3, -0.25) is 10.1 Å². The van der Waals surface area contributed by atoms with Crippen molar-refractivity contribution in [3.63, 3.8) is 0 Å². The topological polar surface area (TPSA) is 75.4 Å². The number of hydrogen-bond acceptors (Lipinski definition) is 5. The molecule has 0 saturated heterocycles. The fourth-order valence-electron chi connectivity index (χ4n) is 1.87. The van der Waals surface area contributed by atoms with Gasteiger partial charge < -0.3 is 10.4 Å². The standard InChI is InChI=1S/C14H15ClN2O3S/c15-14-6-5-12(21-14)7-8-16-9-13(18)10-1-3-11(4-2-10)17(19)20/h1-6,13,16,18H,7-9H2. The number of nitro benzene ring substituents is 1. The zero-order valence-electron chi connectivity index (χ0n) is 11.2. The number of halogens is 1. The van der Waals surface area contributed by atoms with E-state index in [0.29, 0.717) is 12.1 Å². The first-order valence-corrected chi connectivity index (χ1v) is 7.63. The maximum absolute atomic E-state index is 10.6. The van der Waals surface area contributed by atoms with Crippen LogP contribution in [0.4, 0.5) is 5.69 Å². The summed E-state index contributed by atoms with van der Waals surface area (Å²) in [7, 11) is 0. The Morgan fingerprint density at radius 1 is 1.29 bits per heavy atom. The van der Waals surface area contributed by atoms with Gasteiger partial charge in [-0.1, -0.05) is 11.6 Å². The minimum absolute atomic E-state index is 0.0217. The Morgan fingerprint density at radius 2 is 2.00 bits per heavy atom. The Labute approximate surface area is 131 Å². The molecule has 1 heterocycles. The van der Waals surface area contributed by atoms with Gasteiger partial charge in [-0.15, -0.1) is 11.3 Å². The maximum Gasteiger partial charge on any atom is 0.269 e. The van der Waals surface area contributed by atoms with Crippen molar-refractivity contribution >= 4 is 28.6 Å². The molecule has 0 amide bonds. The molecule has 0 aliphatic carbocycles. The number of aliphatic hydroxyl groups excluding tert-OH is 1. The number of nitrogens with zero attached hydrogens (tertiary/aromatic N) is 1. The lowest BCUT2D eigenvalue weighted by atomic mass is 10.1. The first-order chi connectivity index (χ1) is 10.1. The Balaban J connectivity index is 1.76. The molecule has 1 atom stereocenters. The van der Waals surface area contributed by atoms with Crippen LogP contribution in [0.2, 0.25) is 4.34 Å². The number of aliphatic hydroxyl groups is 1. The highest BCUT2D eigenvalue weighted by Crippen LogP contribution is 2.21. The van der Waals surface area contributed by atoms with E-state index in [1.165, 1.54) is 17.0 Å². The molecule has 2 aromatic rings. The third kappa shape index (κ3) is 4.78. The number of benzene rings is 1. The van der Waals surface area contributed by atoms with Crippen LogP contribution in [0.15, 0.2) is 36.4 Å². The van der Waals surface area contributed by atoms with Crippen LogP contribution in [0, 0.1) is 10.1 Å². The van der Waals surface area contributed by atoms with Crippen LogP contribution in [0.3, 0.4) is 0 Å². The van der Waals surface area contributed by atoms with Crippen molar-refractivity contribution in [3.8, 4) is 0 Å². The molecule has 2 rings (SSSR count). The van der Waals surface area contributed by atoms with Gasteiger partial charge in [0.1, 0.15) is 0 Å². The molecule has 0 bridgehead atoms. The molecule has 21 heavy (non-hydrogen) atoms. The van der Waals surface area contributed by atoms with Gasteiger partial charge >= 0.3 is 0 Å². The average Bonchev–Trinajstić information content (AvgIpc) is 2.89. The van der Waals surface area contributed by atoms with E-state index in [9.17, 15) is 15.2 Å². The molecule has 0 aliphatic rings. The van der Waals surface area contributed by atoms with E-state index in [1.807, 2.05) is 12.1 Å². The molecule has 112 valence electrons. The SMILES string of the molecule is O=[N+]([O-])c1ccc(C(O)CNCCc2ccc(Cl)s2)cc1. The summed E-state index contributed by atoms with van der Waals surface area (Å²) in [6.45, 7) is 1.14. The fourth-order valence-corrected chi connectivity index (χ4v) is 2.96. The molecular weight excluding hydrogens is 312 g/mol. The lowest BCUT2D eigenvalue weighted by Crippen LogP contribution is -2.23. The van der Waals surface area contributed by atoms with E-state index in [1.54, 1.807) is 23.5 Å². The second kappa shape index (κ2) is 7.51. The first-order valence-electron chi connectivity index (χ1n) is 6.43. The highest BCUT2D eigenvalue weighted by molar-refractivity contribution is 7.16. The van der Waals surface area contributed by atoms with Crippen molar-refractivity contribution in [2.75, 3.05) is 13.1 Å². The van der Waals surface area contributed by atoms with Crippen molar-refractivity contribution in [1.82, 2.24) is 5.32 Å². The van der Waals surface area contributed by atoms with Crippen LogP contribution in [-0.4, -0.2) is 23.1 Å². The van der Waals surface area contributed by atoms with Crippen LogP contribution in [0.1, 0.15) is 16.5 Å². The van der Waals surface area contributed by atoms with Gasteiger partial charge in [0.05, 0.1) is 15.4 Å². The number of thiophene rings is 1. The van der Waals surface area contributed by atoms with E-state index in [-0.39, 0.29) is 5.69 Å². The van der Waals surface area contributed by atoms with Gasteiger partial charge in [0.2, 0.25) is 0 Å². The first kappa shape index (κ1) is 15.9. The third-order valence-corrected chi connectivity index (χ3v) is 4.29. The minimum atomic E-state index is -0.683. The van der Waals surface area contributed by atoms with E-state index in [2.05, 4.69) is 5.32 Å². The Morgan fingerprint density at radius 3 is 2.57 bits per heavy atom. The predicted molar refractivity (Wildman–Crippen MR) is 84.0 cm³/mol. The van der Waals surface area contributed by atoms with Gasteiger partial charge in [0.25, 0.3) is 5.69 Å². The minimum Gasteiger partial charge on any atom is -0.387 e. The molecule has 1 aromatic heterocycles. The van der Waals surface area contributed by atoms with E-state index in [0.717, 1.165) is 17.3 Å². The lowest BCUT2D eigenvalue weighted by Gasteiger charge is -2.11. The van der Waals surface area contributed by atoms with Crippen LogP contribution in [-0.2, 0) is 6.42 Å². The van der Waals surface area contributed by atoms with Crippen molar-refractivity contribution in [2.24, 2.45) is 0 Å². The van der Waals surface area contributed by atoms with Gasteiger partial charge in [-0.25, -0.2) is 0 Å². The molecule has 0 radical (unpaired) electrons. The molecular formula is C14H15ClN2O3S. The average molecular weight is 327 g/mol. The number of non-ortho nitro benzene ring substituents is 1. The summed E-state index contributed by atoms with van der Waals surface area (Å²) in [6, 6.07) is 9.79. The summed E-state index contributed by atoms with van der Waals surface area (Å²) >= 11 is 7.40. The second-order valence-corrected chi connectivity index (χ2v) is 6.32. The molecule has 0 saturated carbocycles. The van der Waals surface area contributed by atoms with E-state index >= 15 is 0 Å². The fraction of sp³-hybridized carbons (Fsp3) is 0.286. The summed E-state index contributed by atoms with van der Waals surface area (Å²) in [5.41, 5.74) is 0.681. The van der Waals surface area contributed by atoms with Crippen molar-refractivity contribution in [3.05, 3.63) is 61.3 Å². The van der Waals surface area contributed by atoms with Crippen LogP contribution in [0.25, 0.3) is 0 Å². The van der Waals surface area contributed by atoms with Crippen LogP contribution >= 0.6 is 22.9 Å². The van der Waals surface area contributed by atoms with Crippen molar-refractivity contribution in [2.45, 2.75) is 12.5 Å². The summed E-state index contributed by atoms with van der Waals surface area (Å²) < 4.78 is 0.774. The Bertz CT molecular complexity index is 601. The Kier molecular flexibility index (Phi) is 5.69. The molecule has 1 unspecified atom stereocenters. The quantitative estimate of drug-likeness (QED) is 0.465. The Hall–Kier alpha value is -1.47. The van der Waals surface area contributed by atoms with Crippen molar-refractivity contribution in [1.29, 1.82) is 0 Å². The molecule has 0 aliphatic heterocycles. The number of nitrogens with one attached hydrogen (secondary N) is 1.